The molecule has 0 aliphatic carbocycles. The summed E-state index contributed by atoms with van der Waals surface area (Å²) in [6.45, 7) is 5.52. The molecule has 2 aliphatic heterocycles. The van der Waals surface area contributed by atoms with Crippen LogP contribution in [0, 0.1) is 5.82 Å². The summed E-state index contributed by atoms with van der Waals surface area (Å²) in [5.74, 6) is 0.225. The molecule has 2 aromatic rings. The van der Waals surface area contributed by atoms with Crippen LogP contribution < -0.4 is 5.32 Å². The predicted octanol–water partition coefficient (Wildman–Crippen LogP) is 4.57. The first-order chi connectivity index (χ1) is 11.6. The van der Waals surface area contributed by atoms with Gasteiger partial charge in [0, 0.05) is 11.3 Å². The van der Waals surface area contributed by atoms with Crippen LogP contribution >= 0.6 is 0 Å². The quantitative estimate of drug-likeness (QED) is 0.876. The lowest BCUT2D eigenvalue weighted by atomic mass is 9.86. The summed E-state index contributed by atoms with van der Waals surface area (Å²) >= 11 is 0. The van der Waals surface area contributed by atoms with Gasteiger partial charge in [0.25, 0.3) is 0 Å². The van der Waals surface area contributed by atoms with E-state index in [0.29, 0.717) is 19.1 Å². The maximum Gasteiger partial charge on any atom is 0.123 e. The standard InChI is InChI=1S/C20H22FNO2/c1-12(2)13-6-7-17-16(11-13)19-20(24-9-8-23-19)18(22-17)14-4-3-5-15(21)10-14/h3-7,10-12,18-20,22H,8-9H2,1-2H3/t18-,19+,20-/m1/s1. The lowest BCUT2D eigenvalue weighted by Gasteiger charge is -2.43. The van der Waals surface area contributed by atoms with Gasteiger partial charge >= 0.3 is 0 Å². The van der Waals surface area contributed by atoms with E-state index in [2.05, 4.69) is 37.4 Å². The second kappa shape index (κ2) is 6.19. The SMILES string of the molecule is CC(C)c1ccc2c(c1)[C@@H]1OCCO[C@@H]1[C@@H](c1cccc(F)c1)N2. The Bertz CT molecular complexity index is 746. The molecule has 0 amide bonds. The van der Waals surface area contributed by atoms with Crippen molar-refractivity contribution in [1.82, 2.24) is 0 Å². The van der Waals surface area contributed by atoms with Crippen LogP contribution in [-0.4, -0.2) is 19.3 Å². The van der Waals surface area contributed by atoms with E-state index in [1.54, 1.807) is 12.1 Å². The van der Waals surface area contributed by atoms with Crippen molar-refractivity contribution in [2.24, 2.45) is 0 Å². The molecular formula is C20H22FNO2. The summed E-state index contributed by atoms with van der Waals surface area (Å²) in [6, 6.07) is 13.0. The molecular weight excluding hydrogens is 305 g/mol. The smallest absolute Gasteiger partial charge is 0.123 e. The van der Waals surface area contributed by atoms with E-state index >= 15 is 0 Å². The van der Waals surface area contributed by atoms with Crippen molar-refractivity contribution in [1.29, 1.82) is 0 Å². The average molecular weight is 327 g/mol. The van der Waals surface area contributed by atoms with Crippen molar-refractivity contribution in [2.75, 3.05) is 18.5 Å². The van der Waals surface area contributed by atoms with Gasteiger partial charge in [0.15, 0.2) is 0 Å². The Morgan fingerprint density at radius 2 is 1.92 bits per heavy atom. The molecule has 0 radical (unpaired) electrons. The molecule has 0 spiro atoms. The first kappa shape index (κ1) is 15.6. The molecule has 2 aromatic carbocycles. The van der Waals surface area contributed by atoms with E-state index in [4.69, 9.17) is 9.47 Å². The van der Waals surface area contributed by atoms with E-state index in [-0.39, 0.29) is 24.1 Å². The highest BCUT2D eigenvalue weighted by Gasteiger charge is 2.41. The molecule has 1 fully saturated rings. The average Bonchev–Trinajstić information content (AvgIpc) is 2.60. The molecule has 2 heterocycles. The van der Waals surface area contributed by atoms with Gasteiger partial charge in [-0.1, -0.05) is 38.1 Å². The zero-order chi connectivity index (χ0) is 16.7. The maximum atomic E-state index is 13.7. The molecule has 3 nitrogen and oxygen atoms in total. The van der Waals surface area contributed by atoms with Crippen LogP contribution in [0.5, 0.6) is 0 Å². The largest absolute Gasteiger partial charge is 0.375 e. The molecule has 4 rings (SSSR count). The molecule has 4 heteroatoms. The Kier molecular flexibility index (Phi) is 4.02. The molecule has 0 saturated carbocycles. The first-order valence-corrected chi connectivity index (χ1v) is 8.52. The number of halogens is 1. The van der Waals surface area contributed by atoms with Crippen LogP contribution in [0.4, 0.5) is 10.1 Å². The Morgan fingerprint density at radius 3 is 2.71 bits per heavy atom. The second-order valence-corrected chi connectivity index (χ2v) is 6.81. The fourth-order valence-electron chi connectivity index (χ4n) is 3.61. The van der Waals surface area contributed by atoms with E-state index in [1.165, 1.54) is 11.6 Å². The number of benzene rings is 2. The van der Waals surface area contributed by atoms with Crippen LogP contribution in [0.2, 0.25) is 0 Å². The molecule has 1 saturated heterocycles. The van der Waals surface area contributed by atoms with Gasteiger partial charge in [-0.15, -0.1) is 0 Å². The van der Waals surface area contributed by atoms with Crippen molar-refractivity contribution in [3.05, 3.63) is 65.0 Å². The van der Waals surface area contributed by atoms with E-state index < -0.39 is 0 Å². The normalized spacial score (nSPS) is 25.8. The summed E-state index contributed by atoms with van der Waals surface area (Å²) in [5.41, 5.74) is 4.35. The number of nitrogens with one attached hydrogen (secondary N) is 1. The Hall–Kier alpha value is -1.91. The Morgan fingerprint density at radius 1 is 1.08 bits per heavy atom. The molecule has 24 heavy (non-hydrogen) atoms. The third-order valence-electron chi connectivity index (χ3n) is 4.89. The fraction of sp³-hybridized carbons (Fsp3) is 0.400. The van der Waals surface area contributed by atoms with Crippen molar-refractivity contribution in [3.8, 4) is 0 Å². The molecule has 0 unspecified atom stereocenters. The van der Waals surface area contributed by atoms with Crippen LogP contribution in [0.3, 0.4) is 0 Å². The van der Waals surface area contributed by atoms with Gasteiger partial charge < -0.3 is 14.8 Å². The van der Waals surface area contributed by atoms with Crippen LogP contribution in [0.1, 0.15) is 48.6 Å². The van der Waals surface area contributed by atoms with Crippen molar-refractivity contribution in [2.45, 2.75) is 38.0 Å². The highest BCUT2D eigenvalue weighted by molar-refractivity contribution is 5.59. The van der Waals surface area contributed by atoms with Crippen LogP contribution in [0.25, 0.3) is 0 Å². The summed E-state index contributed by atoms with van der Waals surface area (Å²) in [7, 11) is 0. The monoisotopic (exact) mass is 327 g/mol. The van der Waals surface area contributed by atoms with Crippen molar-refractivity contribution < 1.29 is 13.9 Å². The number of ether oxygens (including phenoxy) is 2. The van der Waals surface area contributed by atoms with Crippen LogP contribution in [-0.2, 0) is 9.47 Å². The first-order valence-electron chi connectivity index (χ1n) is 8.52. The highest BCUT2D eigenvalue weighted by atomic mass is 19.1. The van der Waals surface area contributed by atoms with Crippen LogP contribution in [0.15, 0.2) is 42.5 Å². The molecule has 1 N–H and O–H groups in total. The minimum Gasteiger partial charge on any atom is -0.375 e. The number of rotatable bonds is 2. The van der Waals surface area contributed by atoms with Gasteiger partial charge in [-0.25, -0.2) is 4.39 Å². The fourth-order valence-corrected chi connectivity index (χ4v) is 3.61. The lowest BCUT2D eigenvalue weighted by Crippen LogP contribution is -2.43. The number of hydrogen-bond donors (Lipinski definition) is 1. The lowest BCUT2D eigenvalue weighted by molar-refractivity contribution is -0.151. The van der Waals surface area contributed by atoms with Crippen molar-refractivity contribution >= 4 is 5.69 Å². The third-order valence-corrected chi connectivity index (χ3v) is 4.89. The maximum absolute atomic E-state index is 13.7. The van der Waals surface area contributed by atoms with Gasteiger partial charge in [0.1, 0.15) is 18.0 Å². The number of anilines is 1. The molecule has 3 atom stereocenters. The van der Waals surface area contributed by atoms with Gasteiger partial charge in [-0.05, 0) is 35.2 Å². The second-order valence-electron chi connectivity index (χ2n) is 6.81. The summed E-state index contributed by atoms with van der Waals surface area (Å²) in [5, 5.41) is 3.53. The van der Waals surface area contributed by atoms with Gasteiger partial charge in [-0.2, -0.15) is 0 Å². The topological polar surface area (TPSA) is 30.5 Å². The number of fused-ring (bicyclic) bond motifs is 3. The van der Waals surface area contributed by atoms with Gasteiger partial charge in [-0.3, -0.25) is 0 Å². The van der Waals surface area contributed by atoms with E-state index in [0.717, 1.165) is 16.8 Å². The zero-order valence-electron chi connectivity index (χ0n) is 14.0. The highest BCUT2D eigenvalue weighted by Crippen LogP contribution is 2.44. The molecule has 126 valence electrons. The minimum atomic E-state index is -0.233. The van der Waals surface area contributed by atoms with Gasteiger partial charge in [0.05, 0.1) is 19.3 Å². The molecule has 0 aromatic heterocycles. The predicted molar refractivity (Wildman–Crippen MR) is 91.7 cm³/mol. The Labute approximate surface area is 141 Å². The summed E-state index contributed by atoms with van der Waals surface area (Å²) < 4.78 is 25.8. The minimum absolute atomic E-state index is 0.122. The van der Waals surface area contributed by atoms with Gasteiger partial charge in [0.2, 0.25) is 0 Å². The zero-order valence-corrected chi connectivity index (χ0v) is 14.0. The van der Waals surface area contributed by atoms with E-state index in [1.807, 2.05) is 6.07 Å². The van der Waals surface area contributed by atoms with E-state index in [9.17, 15) is 4.39 Å². The third kappa shape index (κ3) is 2.70. The summed E-state index contributed by atoms with van der Waals surface area (Å²) in [6.07, 6.45) is -0.280. The molecule has 2 aliphatic rings. The molecule has 0 bridgehead atoms. The Balaban J connectivity index is 1.77. The van der Waals surface area contributed by atoms with Crippen molar-refractivity contribution in [3.63, 3.8) is 0 Å². The summed E-state index contributed by atoms with van der Waals surface area (Å²) in [4.78, 5) is 0. The number of hydrogen-bond acceptors (Lipinski definition) is 3.